The van der Waals surface area contributed by atoms with Crippen LogP contribution in [0.5, 0.6) is 5.75 Å². The smallest absolute Gasteiger partial charge is 0.282 e. The van der Waals surface area contributed by atoms with Crippen LogP contribution in [0.15, 0.2) is 78.5 Å². The van der Waals surface area contributed by atoms with Crippen LogP contribution < -0.4 is 15.0 Å². The summed E-state index contributed by atoms with van der Waals surface area (Å²) in [4.78, 5) is 27.7. The van der Waals surface area contributed by atoms with Crippen molar-refractivity contribution in [2.24, 2.45) is 0 Å². The Balaban J connectivity index is 1.78. The van der Waals surface area contributed by atoms with Crippen molar-refractivity contribution in [1.82, 2.24) is 0 Å². The van der Waals surface area contributed by atoms with E-state index in [-0.39, 0.29) is 22.0 Å². The molecule has 3 aromatic carbocycles. The Hall–Kier alpha value is -3.64. The average molecular weight is 437 g/mol. The van der Waals surface area contributed by atoms with Crippen molar-refractivity contribution in [2.75, 3.05) is 16.8 Å². The second kappa shape index (κ2) is 8.62. The number of imide groups is 1. The van der Waals surface area contributed by atoms with Gasteiger partial charge < -0.3 is 10.1 Å². The normalized spacial score (nSPS) is 13.7. The first kappa shape index (κ1) is 20.6. The second-order valence-corrected chi connectivity index (χ2v) is 7.14. The van der Waals surface area contributed by atoms with Crippen molar-refractivity contribution in [3.63, 3.8) is 0 Å². The molecule has 0 radical (unpaired) electrons. The topological polar surface area (TPSA) is 58.6 Å². The van der Waals surface area contributed by atoms with Gasteiger partial charge in [0.2, 0.25) is 0 Å². The maximum Gasteiger partial charge on any atom is 0.282 e. The van der Waals surface area contributed by atoms with Gasteiger partial charge in [-0.25, -0.2) is 9.29 Å². The molecule has 1 aliphatic rings. The standard InChI is InChI=1S/C24H18ClFN2O3/c1-2-31-18-13-11-17(12-14-18)27-22-21(15-7-9-16(26)10-8-15)23(29)28(24(22)30)20-6-4-3-5-19(20)25/h3-14,27H,2H2,1H3. The van der Waals surface area contributed by atoms with Crippen molar-refractivity contribution in [1.29, 1.82) is 0 Å². The van der Waals surface area contributed by atoms with E-state index in [1.807, 2.05) is 6.92 Å². The molecule has 7 heteroatoms. The number of carbonyl (C=O) groups excluding carboxylic acids is 2. The molecule has 5 nitrogen and oxygen atoms in total. The van der Waals surface area contributed by atoms with Gasteiger partial charge in [-0.05, 0) is 61.0 Å². The maximum absolute atomic E-state index is 13.5. The zero-order chi connectivity index (χ0) is 22.0. The Labute approximate surface area is 183 Å². The van der Waals surface area contributed by atoms with E-state index in [2.05, 4.69) is 5.32 Å². The monoisotopic (exact) mass is 436 g/mol. The Morgan fingerprint density at radius 1 is 0.935 bits per heavy atom. The molecule has 4 rings (SSSR count). The van der Waals surface area contributed by atoms with Crippen molar-refractivity contribution >= 4 is 40.4 Å². The van der Waals surface area contributed by atoms with E-state index in [4.69, 9.17) is 16.3 Å². The number of hydrogen-bond acceptors (Lipinski definition) is 4. The summed E-state index contributed by atoms with van der Waals surface area (Å²) < 4.78 is 18.9. The van der Waals surface area contributed by atoms with Gasteiger partial charge in [0.05, 0.1) is 22.9 Å². The molecule has 2 amide bonds. The predicted octanol–water partition coefficient (Wildman–Crippen LogP) is 5.27. The summed E-state index contributed by atoms with van der Waals surface area (Å²) >= 11 is 6.26. The Morgan fingerprint density at radius 3 is 2.26 bits per heavy atom. The molecule has 0 bridgehead atoms. The number of ether oxygens (including phenoxy) is 1. The maximum atomic E-state index is 13.5. The number of amides is 2. The average Bonchev–Trinajstić information content (AvgIpc) is 3.00. The van der Waals surface area contributed by atoms with Crippen LogP contribution in [0.4, 0.5) is 15.8 Å². The van der Waals surface area contributed by atoms with Gasteiger partial charge in [-0.2, -0.15) is 0 Å². The molecular formula is C24H18ClFN2O3. The number of carbonyl (C=O) groups is 2. The number of benzene rings is 3. The Bertz CT molecular complexity index is 1170. The van der Waals surface area contributed by atoms with Gasteiger partial charge >= 0.3 is 0 Å². The van der Waals surface area contributed by atoms with Crippen molar-refractivity contribution in [3.05, 3.63) is 94.9 Å². The van der Waals surface area contributed by atoms with Gasteiger partial charge in [0.1, 0.15) is 17.3 Å². The van der Waals surface area contributed by atoms with Crippen LogP contribution in [0, 0.1) is 5.82 Å². The fraction of sp³-hybridized carbons (Fsp3) is 0.0833. The summed E-state index contributed by atoms with van der Waals surface area (Å²) in [6, 6.07) is 19.0. The fourth-order valence-electron chi connectivity index (χ4n) is 3.33. The predicted molar refractivity (Wildman–Crippen MR) is 118 cm³/mol. The number of halogens is 2. The van der Waals surface area contributed by atoms with E-state index >= 15 is 0 Å². The quantitative estimate of drug-likeness (QED) is 0.534. The van der Waals surface area contributed by atoms with Gasteiger partial charge in [-0.15, -0.1) is 0 Å². The summed E-state index contributed by atoms with van der Waals surface area (Å²) in [7, 11) is 0. The lowest BCUT2D eigenvalue weighted by atomic mass is 10.0. The third-order valence-electron chi connectivity index (χ3n) is 4.74. The summed E-state index contributed by atoms with van der Waals surface area (Å²) in [5, 5.41) is 3.32. The van der Waals surface area contributed by atoms with Gasteiger partial charge in [0.25, 0.3) is 11.8 Å². The lowest BCUT2D eigenvalue weighted by Crippen LogP contribution is -2.32. The third-order valence-corrected chi connectivity index (χ3v) is 5.06. The molecule has 31 heavy (non-hydrogen) atoms. The molecule has 0 saturated carbocycles. The van der Waals surface area contributed by atoms with Crippen molar-refractivity contribution in [2.45, 2.75) is 6.92 Å². The molecular weight excluding hydrogens is 419 g/mol. The minimum atomic E-state index is -0.550. The molecule has 0 saturated heterocycles. The molecule has 1 N–H and O–H groups in total. The number of rotatable bonds is 6. The molecule has 0 spiro atoms. The first-order chi connectivity index (χ1) is 15.0. The number of hydrogen-bond donors (Lipinski definition) is 1. The van der Waals surface area contributed by atoms with E-state index < -0.39 is 17.6 Å². The van der Waals surface area contributed by atoms with Crippen LogP contribution in [0.2, 0.25) is 5.02 Å². The number of anilines is 2. The largest absolute Gasteiger partial charge is 0.494 e. The van der Waals surface area contributed by atoms with E-state index in [1.54, 1.807) is 48.5 Å². The minimum Gasteiger partial charge on any atom is -0.494 e. The number of nitrogens with zero attached hydrogens (tertiary/aromatic N) is 1. The van der Waals surface area contributed by atoms with Crippen LogP contribution in [-0.2, 0) is 9.59 Å². The molecule has 3 aromatic rings. The molecule has 0 aromatic heterocycles. The second-order valence-electron chi connectivity index (χ2n) is 6.74. The Morgan fingerprint density at radius 2 is 1.61 bits per heavy atom. The first-order valence-electron chi connectivity index (χ1n) is 9.63. The molecule has 0 fully saturated rings. The minimum absolute atomic E-state index is 0.0840. The van der Waals surface area contributed by atoms with Gasteiger partial charge in [0.15, 0.2) is 0 Å². The zero-order valence-electron chi connectivity index (χ0n) is 16.6. The molecule has 0 unspecified atom stereocenters. The summed E-state index contributed by atoms with van der Waals surface area (Å²) in [5.41, 5.74) is 1.52. The highest BCUT2D eigenvalue weighted by molar-refractivity contribution is 6.48. The van der Waals surface area contributed by atoms with E-state index in [1.165, 1.54) is 24.3 Å². The molecule has 1 aliphatic heterocycles. The zero-order valence-corrected chi connectivity index (χ0v) is 17.3. The third kappa shape index (κ3) is 4.02. The first-order valence-corrected chi connectivity index (χ1v) is 10.0. The highest BCUT2D eigenvalue weighted by Crippen LogP contribution is 2.36. The van der Waals surface area contributed by atoms with Crippen molar-refractivity contribution in [3.8, 4) is 5.75 Å². The Kier molecular flexibility index (Phi) is 5.73. The SMILES string of the molecule is CCOc1ccc(NC2=C(c3ccc(F)cc3)C(=O)N(c3ccccc3Cl)C2=O)cc1. The van der Waals surface area contributed by atoms with Crippen LogP contribution in [-0.4, -0.2) is 18.4 Å². The summed E-state index contributed by atoms with van der Waals surface area (Å²) in [6.07, 6.45) is 0. The molecule has 1 heterocycles. The highest BCUT2D eigenvalue weighted by Gasteiger charge is 2.41. The number of para-hydroxylation sites is 1. The summed E-state index contributed by atoms with van der Waals surface area (Å²) in [5.74, 6) is -0.845. The number of nitrogens with one attached hydrogen (secondary N) is 1. The molecule has 156 valence electrons. The van der Waals surface area contributed by atoms with Crippen LogP contribution in [0.3, 0.4) is 0 Å². The van der Waals surface area contributed by atoms with Crippen LogP contribution in [0.25, 0.3) is 5.57 Å². The van der Waals surface area contributed by atoms with Gasteiger partial charge in [-0.1, -0.05) is 35.9 Å². The molecule has 0 atom stereocenters. The van der Waals surface area contributed by atoms with E-state index in [9.17, 15) is 14.0 Å². The highest BCUT2D eigenvalue weighted by atomic mass is 35.5. The molecule has 0 aliphatic carbocycles. The van der Waals surface area contributed by atoms with E-state index in [0.29, 0.717) is 23.6 Å². The van der Waals surface area contributed by atoms with Gasteiger partial charge in [-0.3, -0.25) is 9.59 Å². The summed E-state index contributed by atoms with van der Waals surface area (Å²) in [6.45, 7) is 2.42. The fourth-order valence-corrected chi connectivity index (χ4v) is 3.55. The van der Waals surface area contributed by atoms with E-state index in [0.717, 1.165) is 4.90 Å². The lowest BCUT2D eigenvalue weighted by molar-refractivity contribution is -0.120. The lowest BCUT2D eigenvalue weighted by Gasteiger charge is -2.16. The van der Waals surface area contributed by atoms with Crippen LogP contribution in [0.1, 0.15) is 12.5 Å². The van der Waals surface area contributed by atoms with Crippen molar-refractivity contribution < 1.29 is 18.7 Å². The van der Waals surface area contributed by atoms with Crippen LogP contribution >= 0.6 is 11.6 Å². The van der Waals surface area contributed by atoms with Gasteiger partial charge in [0, 0.05) is 5.69 Å².